The molecule has 1 heterocycles. The van der Waals surface area contributed by atoms with Crippen molar-refractivity contribution >= 4 is 5.91 Å². The monoisotopic (exact) mass is 234 g/mol. The first kappa shape index (κ1) is 12.1. The van der Waals surface area contributed by atoms with Crippen LogP contribution in [0.3, 0.4) is 0 Å². The van der Waals surface area contributed by atoms with Crippen LogP contribution >= 0.6 is 0 Å². The summed E-state index contributed by atoms with van der Waals surface area (Å²) < 4.78 is 5.38. The predicted molar refractivity (Wildman–Crippen MR) is 65.6 cm³/mol. The second-order valence-electron chi connectivity index (χ2n) is 4.27. The van der Waals surface area contributed by atoms with Crippen LogP contribution in [0, 0.1) is 6.92 Å². The third-order valence-electron chi connectivity index (χ3n) is 2.77. The number of hydrogen-bond donors (Lipinski definition) is 2. The molecule has 2 rings (SSSR count). The molecular formula is C13H18N2O2. The Hall–Kier alpha value is -1.39. The molecule has 1 saturated heterocycles. The number of hydrogen-bond acceptors (Lipinski definition) is 3. The predicted octanol–water partition coefficient (Wildman–Crippen LogP) is 0.600. The van der Waals surface area contributed by atoms with E-state index < -0.39 is 0 Å². The second-order valence-corrected chi connectivity index (χ2v) is 4.27. The van der Waals surface area contributed by atoms with Gasteiger partial charge in [-0.3, -0.25) is 4.79 Å². The fourth-order valence-electron chi connectivity index (χ4n) is 1.86. The van der Waals surface area contributed by atoms with Gasteiger partial charge in [-0.2, -0.15) is 0 Å². The number of rotatable bonds is 3. The maximum Gasteiger partial charge on any atom is 0.250 e. The van der Waals surface area contributed by atoms with Crippen molar-refractivity contribution in [2.45, 2.75) is 19.6 Å². The summed E-state index contributed by atoms with van der Waals surface area (Å²) in [6.07, 6.45) is -0.353. The number of ether oxygens (including phenoxy) is 1. The van der Waals surface area contributed by atoms with E-state index in [9.17, 15) is 4.79 Å². The summed E-state index contributed by atoms with van der Waals surface area (Å²) in [7, 11) is 0. The molecule has 1 unspecified atom stereocenters. The molecule has 1 aliphatic heterocycles. The lowest BCUT2D eigenvalue weighted by Crippen LogP contribution is -2.47. The standard InChI is InChI=1S/C13H18N2O2/c1-10-3-2-4-11(7-10)8-15-13(16)12-9-14-5-6-17-12/h2-4,7,12,14H,5-6,8-9H2,1H3,(H,15,16). The zero-order valence-corrected chi connectivity index (χ0v) is 10.0. The SMILES string of the molecule is Cc1cccc(CNC(=O)C2CNCCO2)c1. The third kappa shape index (κ3) is 3.54. The van der Waals surface area contributed by atoms with Crippen LogP contribution in [0.25, 0.3) is 0 Å². The van der Waals surface area contributed by atoms with Crippen molar-refractivity contribution in [3.05, 3.63) is 35.4 Å². The molecule has 0 radical (unpaired) electrons. The Morgan fingerprint density at radius 2 is 2.47 bits per heavy atom. The van der Waals surface area contributed by atoms with Crippen molar-refractivity contribution in [1.29, 1.82) is 0 Å². The van der Waals surface area contributed by atoms with Crippen molar-refractivity contribution in [3.8, 4) is 0 Å². The molecule has 2 N–H and O–H groups in total. The summed E-state index contributed by atoms with van der Waals surface area (Å²) in [5.41, 5.74) is 2.31. The molecule has 1 amide bonds. The largest absolute Gasteiger partial charge is 0.366 e. The highest BCUT2D eigenvalue weighted by molar-refractivity contribution is 5.81. The van der Waals surface area contributed by atoms with Gasteiger partial charge in [-0.25, -0.2) is 0 Å². The van der Waals surface area contributed by atoms with Crippen molar-refractivity contribution < 1.29 is 9.53 Å². The van der Waals surface area contributed by atoms with Gasteiger partial charge in [0.15, 0.2) is 0 Å². The number of carbonyl (C=O) groups excluding carboxylic acids is 1. The molecule has 1 fully saturated rings. The molecule has 1 aliphatic rings. The first-order valence-corrected chi connectivity index (χ1v) is 5.91. The lowest BCUT2D eigenvalue weighted by molar-refractivity contribution is -0.134. The molecule has 1 aromatic rings. The number of morpholine rings is 1. The highest BCUT2D eigenvalue weighted by atomic mass is 16.5. The average molecular weight is 234 g/mol. The lowest BCUT2D eigenvalue weighted by atomic mass is 10.1. The van der Waals surface area contributed by atoms with E-state index in [0.29, 0.717) is 19.7 Å². The van der Waals surface area contributed by atoms with E-state index in [1.807, 2.05) is 25.1 Å². The Kier molecular flexibility index (Phi) is 4.12. The highest BCUT2D eigenvalue weighted by Gasteiger charge is 2.20. The fraction of sp³-hybridized carbons (Fsp3) is 0.462. The molecular weight excluding hydrogens is 216 g/mol. The first-order valence-electron chi connectivity index (χ1n) is 5.91. The minimum Gasteiger partial charge on any atom is -0.366 e. The summed E-state index contributed by atoms with van der Waals surface area (Å²) in [4.78, 5) is 11.8. The molecule has 1 aromatic carbocycles. The van der Waals surface area contributed by atoms with E-state index in [1.54, 1.807) is 0 Å². The van der Waals surface area contributed by atoms with E-state index in [4.69, 9.17) is 4.74 Å². The molecule has 0 aromatic heterocycles. The van der Waals surface area contributed by atoms with Crippen LogP contribution in [0.1, 0.15) is 11.1 Å². The van der Waals surface area contributed by atoms with Gasteiger partial charge in [-0.15, -0.1) is 0 Å². The van der Waals surface area contributed by atoms with Gasteiger partial charge in [0.2, 0.25) is 0 Å². The quantitative estimate of drug-likeness (QED) is 0.805. The summed E-state index contributed by atoms with van der Waals surface area (Å²) >= 11 is 0. The van der Waals surface area contributed by atoms with Crippen molar-refractivity contribution in [2.24, 2.45) is 0 Å². The normalized spacial score (nSPS) is 19.9. The van der Waals surface area contributed by atoms with Gasteiger partial charge in [0.1, 0.15) is 6.10 Å². The van der Waals surface area contributed by atoms with E-state index in [1.165, 1.54) is 5.56 Å². The summed E-state index contributed by atoms with van der Waals surface area (Å²) in [6, 6.07) is 8.11. The van der Waals surface area contributed by atoms with E-state index in [0.717, 1.165) is 12.1 Å². The van der Waals surface area contributed by atoms with Gasteiger partial charge < -0.3 is 15.4 Å². The number of carbonyl (C=O) groups is 1. The number of aryl methyl sites for hydroxylation is 1. The highest BCUT2D eigenvalue weighted by Crippen LogP contribution is 2.04. The molecule has 92 valence electrons. The van der Waals surface area contributed by atoms with Gasteiger partial charge >= 0.3 is 0 Å². The van der Waals surface area contributed by atoms with Crippen LogP contribution in [0.4, 0.5) is 0 Å². The number of amides is 1. The molecule has 0 bridgehead atoms. The van der Waals surface area contributed by atoms with E-state index in [2.05, 4.69) is 16.7 Å². The zero-order chi connectivity index (χ0) is 12.1. The van der Waals surface area contributed by atoms with Crippen LogP contribution in [0.2, 0.25) is 0 Å². The van der Waals surface area contributed by atoms with E-state index in [-0.39, 0.29) is 12.0 Å². The van der Waals surface area contributed by atoms with Gasteiger partial charge in [0.25, 0.3) is 5.91 Å². The molecule has 1 atom stereocenters. The second kappa shape index (κ2) is 5.80. The summed E-state index contributed by atoms with van der Waals surface area (Å²) in [5, 5.41) is 6.03. The van der Waals surface area contributed by atoms with Gasteiger partial charge in [-0.1, -0.05) is 29.8 Å². The topological polar surface area (TPSA) is 50.4 Å². The van der Waals surface area contributed by atoms with Crippen LogP contribution in [0.5, 0.6) is 0 Å². The zero-order valence-electron chi connectivity index (χ0n) is 10.0. The Labute approximate surface area is 101 Å². The van der Waals surface area contributed by atoms with Gasteiger partial charge in [0, 0.05) is 19.6 Å². The first-order chi connectivity index (χ1) is 8.25. The molecule has 17 heavy (non-hydrogen) atoms. The summed E-state index contributed by atoms with van der Waals surface area (Å²) in [6.45, 7) is 4.61. The Morgan fingerprint density at radius 3 is 3.18 bits per heavy atom. The number of benzene rings is 1. The number of nitrogens with one attached hydrogen (secondary N) is 2. The average Bonchev–Trinajstić information content (AvgIpc) is 2.37. The van der Waals surface area contributed by atoms with Crippen LogP contribution < -0.4 is 10.6 Å². The molecule has 0 saturated carbocycles. The summed E-state index contributed by atoms with van der Waals surface area (Å²) in [5.74, 6) is -0.0429. The van der Waals surface area contributed by atoms with Crippen LogP contribution in [-0.4, -0.2) is 31.7 Å². The molecule has 0 spiro atoms. The lowest BCUT2D eigenvalue weighted by Gasteiger charge is -2.22. The van der Waals surface area contributed by atoms with Gasteiger partial charge in [0.05, 0.1) is 6.61 Å². The Morgan fingerprint density at radius 1 is 1.59 bits per heavy atom. The van der Waals surface area contributed by atoms with Gasteiger partial charge in [-0.05, 0) is 12.5 Å². The minimum absolute atomic E-state index is 0.0429. The molecule has 4 nitrogen and oxygen atoms in total. The van der Waals surface area contributed by atoms with Crippen LogP contribution in [0.15, 0.2) is 24.3 Å². The maximum absolute atomic E-state index is 11.8. The third-order valence-corrected chi connectivity index (χ3v) is 2.77. The van der Waals surface area contributed by atoms with Crippen molar-refractivity contribution in [1.82, 2.24) is 10.6 Å². The van der Waals surface area contributed by atoms with Crippen molar-refractivity contribution in [3.63, 3.8) is 0 Å². The smallest absolute Gasteiger partial charge is 0.250 e. The minimum atomic E-state index is -0.353. The molecule has 4 heteroatoms. The maximum atomic E-state index is 11.8. The van der Waals surface area contributed by atoms with Crippen LogP contribution in [-0.2, 0) is 16.1 Å². The van der Waals surface area contributed by atoms with Crippen molar-refractivity contribution in [2.75, 3.05) is 19.7 Å². The molecule has 0 aliphatic carbocycles. The van der Waals surface area contributed by atoms with E-state index >= 15 is 0 Å². The fourth-order valence-corrected chi connectivity index (χ4v) is 1.86. The Balaban J connectivity index is 1.83. The Bertz CT molecular complexity index is 387.